The minimum atomic E-state index is -0.490. The standard InChI is InChI=1S/C20H16FN3O2.C3H6/c1-13-18(24-19(25)14-6-3-2-4-7-14)11-17(12-22-13)23-20(26)15-8-5-9-16(21)10-15;1-2-3-1/h2-12H,1H3,(H,23,26)(H,24,25);1-3H2. The van der Waals surface area contributed by atoms with Crippen LogP contribution in [0.4, 0.5) is 15.8 Å². The minimum absolute atomic E-state index is 0.195. The summed E-state index contributed by atoms with van der Waals surface area (Å²) in [6.45, 7) is 1.75. The van der Waals surface area contributed by atoms with E-state index >= 15 is 0 Å². The van der Waals surface area contributed by atoms with E-state index in [0.717, 1.165) is 6.07 Å². The van der Waals surface area contributed by atoms with Crippen molar-refractivity contribution in [1.29, 1.82) is 0 Å². The van der Waals surface area contributed by atoms with Crippen molar-refractivity contribution >= 4 is 23.2 Å². The zero-order chi connectivity index (χ0) is 20.6. The number of pyridine rings is 1. The van der Waals surface area contributed by atoms with Gasteiger partial charge in [0.15, 0.2) is 0 Å². The van der Waals surface area contributed by atoms with Crippen molar-refractivity contribution in [3.05, 3.63) is 89.5 Å². The van der Waals surface area contributed by atoms with Crippen LogP contribution in [0.1, 0.15) is 45.7 Å². The van der Waals surface area contributed by atoms with Gasteiger partial charge in [-0.25, -0.2) is 4.39 Å². The molecule has 148 valence electrons. The third-order valence-corrected chi connectivity index (χ3v) is 4.07. The molecule has 2 amide bonds. The van der Waals surface area contributed by atoms with Crippen molar-refractivity contribution in [1.82, 2.24) is 4.98 Å². The van der Waals surface area contributed by atoms with Gasteiger partial charge >= 0.3 is 0 Å². The lowest BCUT2D eigenvalue weighted by atomic mass is 10.2. The molecule has 2 aromatic carbocycles. The number of rotatable bonds is 4. The van der Waals surface area contributed by atoms with E-state index in [-0.39, 0.29) is 11.5 Å². The molecule has 1 saturated carbocycles. The van der Waals surface area contributed by atoms with Crippen molar-refractivity contribution in [3.8, 4) is 0 Å². The maximum atomic E-state index is 13.2. The average Bonchev–Trinajstić information content (AvgIpc) is 3.60. The molecule has 3 aromatic rings. The van der Waals surface area contributed by atoms with E-state index in [1.165, 1.54) is 43.7 Å². The number of hydrogen-bond donors (Lipinski definition) is 2. The fourth-order valence-corrected chi connectivity index (χ4v) is 2.35. The molecular formula is C23H22FN3O2. The van der Waals surface area contributed by atoms with Gasteiger partial charge in [0.2, 0.25) is 0 Å². The van der Waals surface area contributed by atoms with Gasteiger partial charge < -0.3 is 10.6 Å². The van der Waals surface area contributed by atoms with E-state index in [4.69, 9.17) is 0 Å². The Hall–Kier alpha value is -3.54. The van der Waals surface area contributed by atoms with Gasteiger partial charge in [-0.3, -0.25) is 14.6 Å². The highest BCUT2D eigenvalue weighted by atomic mass is 19.1. The molecule has 1 aliphatic carbocycles. The maximum absolute atomic E-state index is 13.2. The Balaban J connectivity index is 0.000000732. The van der Waals surface area contributed by atoms with Crippen molar-refractivity contribution in [3.63, 3.8) is 0 Å². The first kappa shape index (κ1) is 20.2. The molecular weight excluding hydrogens is 369 g/mol. The molecule has 1 aromatic heterocycles. The molecule has 4 rings (SSSR count). The number of hydrogen-bond acceptors (Lipinski definition) is 3. The molecule has 0 radical (unpaired) electrons. The Labute approximate surface area is 169 Å². The summed E-state index contributed by atoms with van der Waals surface area (Å²) in [5.41, 5.74) is 2.20. The lowest BCUT2D eigenvalue weighted by molar-refractivity contribution is 0.101. The van der Waals surface area contributed by atoms with Gasteiger partial charge in [0.25, 0.3) is 11.8 Å². The predicted octanol–water partition coefficient (Wildman–Crippen LogP) is 5.20. The van der Waals surface area contributed by atoms with Crippen LogP contribution in [0.5, 0.6) is 0 Å². The van der Waals surface area contributed by atoms with Gasteiger partial charge in [0, 0.05) is 11.1 Å². The van der Waals surface area contributed by atoms with Crippen LogP contribution in [0, 0.1) is 12.7 Å². The molecule has 5 nitrogen and oxygen atoms in total. The fourth-order valence-electron chi connectivity index (χ4n) is 2.35. The first-order valence-corrected chi connectivity index (χ1v) is 9.43. The molecule has 0 bridgehead atoms. The van der Waals surface area contributed by atoms with Crippen molar-refractivity contribution in [2.24, 2.45) is 0 Å². The van der Waals surface area contributed by atoms with E-state index in [0.29, 0.717) is 22.6 Å². The van der Waals surface area contributed by atoms with Gasteiger partial charge in [-0.15, -0.1) is 0 Å². The second-order valence-electron chi connectivity index (χ2n) is 6.70. The SMILES string of the molecule is C1CC1.Cc1ncc(NC(=O)c2cccc(F)c2)cc1NC(=O)c1ccccc1. The van der Waals surface area contributed by atoms with Gasteiger partial charge in [0.05, 0.1) is 23.3 Å². The number of benzene rings is 2. The van der Waals surface area contributed by atoms with Crippen molar-refractivity contribution in [2.45, 2.75) is 26.2 Å². The Morgan fingerprint density at radius 3 is 2.17 bits per heavy atom. The van der Waals surface area contributed by atoms with E-state index in [9.17, 15) is 14.0 Å². The summed E-state index contributed by atoms with van der Waals surface area (Å²) in [4.78, 5) is 28.7. The molecule has 1 fully saturated rings. The number of nitrogens with one attached hydrogen (secondary N) is 2. The Kier molecular flexibility index (Phi) is 6.68. The van der Waals surface area contributed by atoms with Gasteiger partial charge in [-0.05, 0) is 43.3 Å². The summed E-state index contributed by atoms with van der Waals surface area (Å²) in [6.07, 6.45) is 5.98. The summed E-state index contributed by atoms with van der Waals surface area (Å²) in [5.74, 6) is -1.23. The Bertz CT molecular complexity index is 1000. The summed E-state index contributed by atoms with van der Waals surface area (Å²) in [6, 6.07) is 15.8. The molecule has 1 aliphatic rings. The molecule has 0 saturated heterocycles. The number of nitrogens with zero attached hydrogens (tertiary/aromatic N) is 1. The number of aromatic nitrogens is 1. The highest BCUT2D eigenvalue weighted by Crippen LogP contribution is 2.19. The van der Waals surface area contributed by atoms with Crippen LogP contribution in [-0.2, 0) is 0 Å². The monoisotopic (exact) mass is 391 g/mol. The zero-order valence-electron chi connectivity index (χ0n) is 16.1. The summed E-state index contributed by atoms with van der Waals surface area (Å²) >= 11 is 0. The van der Waals surface area contributed by atoms with Crippen LogP contribution in [0.3, 0.4) is 0 Å². The molecule has 2 N–H and O–H groups in total. The number of aryl methyl sites for hydroxylation is 1. The van der Waals surface area contributed by atoms with Crippen LogP contribution in [0.15, 0.2) is 66.9 Å². The molecule has 0 atom stereocenters. The molecule has 6 heteroatoms. The van der Waals surface area contributed by atoms with Crippen molar-refractivity contribution in [2.75, 3.05) is 10.6 Å². The fraction of sp³-hybridized carbons (Fsp3) is 0.174. The summed E-state index contributed by atoms with van der Waals surface area (Å²) in [7, 11) is 0. The summed E-state index contributed by atoms with van der Waals surface area (Å²) < 4.78 is 13.2. The van der Waals surface area contributed by atoms with Gasteiger partial charge in [-0.2, -0.15) is 0 Å². The number of amides is 2. The normalized spacial score (nSPS) is 11.7. The van der Waals surface area contributed by atoms with Gasteiger partial charge in [-0.1, -0.05) is 43.5 Å². The predicted molar refractivity (Wildman–Crippen MR) is 112 cm³/mol. The lowest BCUT2D eigenvalue weighted by Gasteiger charge is -2.11. The van der Waals surface area contributed by atoms with E-state index in [2.05, 4.69) is 15.6 Å². The number of halogens is 1. The largest absolute Gasteiger partial charge is 0.321 e. The van der Waals surface area contributed by atoms with Crippen LogP contribution in [0.25, 0.3) is 0 Å². The molecule has 0 aliphatic heterocycles. The first-order chi connectivity index (χ1) is 14.0. The molecule has 0 spiro atoms. The smallest absolute Gasteiger partial charge is 0.255 e. The number of carbonyl (C=O) groups is 2. The summed E-state index contributed by atoms with van der Waals surface area (Å²) in [5, 5.41) is 5.42. The van der Waals surface area contributed by atoms with E-state index in [1.807, 2.05) is 6.07 Å². The lowest BCUT2D eigenvalue weighted by Crippen LogP contribution is -2.15. The third-order valence-electron chi connectivity index (χ3n) is 4.07. The van der Waals surface area contributed by atoms with Crippen LogP contribution >= 0.6 is 0 Å². The topological polar surface area (TPSA) is 71.1 Å². The Morgan fingerprint density at radius 2 is 1.52 bits per heavy atom. The third kappa shape index (κ3) is 6.24. The minimum Gasteiger partial charge on any atom is -0.321 e. The van der Waals surface area contributed by atoms with Gasteiger partial charge in [0.1, 0.15) is 5.82 Å². The van der Waals surface area contributed by atoms with Crippen LogP contribution in [0.2, 0.25) is 0 Å². The highest BCUT2D eigenvalue weighted by molar-refractivity contribution is 6.06. The first-order valence-electron chi connectivity index (χ1n) is 9.43. The molecule has 0 unspecified atom stereocenters. The second kappa shape index (κ2) is 9.59. The van der Waals surface area contributed by atoms with E-state index < -0.39 is 11.7 Å². The van der Waals surface area contributed by atoms with Crippen molar-refractivity contribution < 1.29 is 14.0 Å². The number of carbonyl (C=O) groups excluding carboxylic acids is 2. The zero-order valence-corrected chi connectivity index (χ0v) is 16.1. The van der Waals surface area contributed by atoms with Crippen LogP contribution < -0.4 is 10.6 Å². The molecule has 29 heavy (non-hydrogen) atoms. The average molecular weight is 391 g/mol. The highest BCUT2D eigenvalue weighted by Gasteiger charge is 2.11. The Morgan fingerprint density at radius 1 is 0.862 bits per heavy atom. The maximum Gasteiger partial charge on any atom is 0.255 e. The van der Waals surface area contributed by atoms with E-state index in [1.54, 1.807) is 37.3 Å². The van der Waals surface area contributed by atoms with Crippen LogP contribution in [-0.4, -0.2) is 16.8 Å². The quantitative estimate of drug-likeness (QED) is 0.642. The molecule has 1 heterocycles. The number of anilines is 2. The second-order valence-corrected chi connectivity index (χ2v) is 6.70.